The van der Waals surface area contributed by atoms with Gasteiger partial charge < -0.3 is 0 Å². The zero-order valence-corrected chi connectivity index (χ0v) is 21.2. The zero-order chi connectivity index (χ0) is 24.2. The van der Waals surface area contributed by atoms with Gasteiger partial charge in [-0.3, -0.25) is 10.6 Å². The summed E-state index contributed by atoms with van der Waals surface area (Å²) in [5.74, 6) is 0. The van der Waals surface area contributed by atoms with Crippen molar-refractivity contribution in [3.63, 3.8) is 0 Å². The predicted molar refractivity (Wildman–Crippen MR) is 150 cm³/mol. The molecule has 0 amide bonds. The van der Waals surface area contributed by atoms with Crippen LogP contribution in [0.15, 0.2) is 109 Å². The fourth-order valence-electron chi connectivity index (χ4n) is 4.52. The molecule has 0 bridgehead atoms. The Balaban J connectivity index is 1.20. The normalized spacial score (nSPS) is 24.3. The fraction of sp³-hybridized carbons (Fsp3) is 0.143. The van der Waals surface area contributed by atoms with Crippen molar-refractivity contribution in [2.75, 3.05) is 0 Å². The predicted octanol–water partition coefficient (Wildman–Crippen LogP) is 5.44. The van der Waals surface area contributed by atoms with Crippen LogP contribution in [-0.2, 0) is 0 Å². The molecule has 6 N–H and O–H groups in total. The molecule has 0 aromatic heterocycles. The molecule has 6 rings (SSSR count). The van der Waals surface area contributed by atoms with Crippen LogP contribution in [-0.4, -0.2) is 0 Å². The van der Waals surface area contributed by atoms with Gasteiger partial charge in [0.2, 0.25) is 0 Å². The van der Waals surface area contributed by atoms with Gasteiger partial charge >= 0.3 is 0 Å². The Morgan fingerprint density at radius 2 is 0.750 bits per heavy atom. The molecule has 2 aliphatic heterocycles. The molecule has 6 nitrogen and oxygen atoms in total. The first-order valence-electron chi connectivity index (χ1n) is 12.0. The number of hydrogen-bond donors (Lipinski definition) is 6. The molecule has 0 radical (unpaired) electrons. The van der Waals surface area contributed by atoms with Gasteiger partial charge in [0.1, 0.15) is 0 Å². The van der Waals surface area contributed by atoms with Crippen LogP contribution in [0.3, 0.4) is 0 Å². The van der Waals surface area contributed by atoms with Crippen LogP contribution in [0.1, 0.15) is 46.9 Å². The van der Waals surface area contributed by atoms with E-state index in [0.717, 1.165) is 0 Å². The van der Waals surface area contributed by atoms with E-state index < -0.39 is 0 Å². The first-order valence-corrected chi connectivity index (χ1v) is 13.6. The average molecular weight is 513 g/mol. The van der Waals surface area contributed by atoms with E-state index in [2.05, 4.69) is 127 Å². The molecule has 0 spiro atoms. The van der Waals surface area contributed by atoms with Gasteiger partial charge in [-0.25, -0.2) is 18.9 Å². The third-order valence-corrected chi connectivity index (χ3v) is 7.83. The summed E-state index contributed by atoms with van der Waals surface area (Å²) in [6.07, 6.45) is 0.198. The van der Waals surface area contributed by atoms with E-state index in [1.54, 1.807) is 0 Å². The molecule has 2 fully saturated rings. The van der Waals surface area contributed by atoms with Crippen molar-refractivity contribution in [2.45, 2.75) is 24.7 Å². The van der Waals surface area contributed by atoms with Crippen LogP contribution in [0.5, 0.6) is 0 Å². The lowest BCUT2D eigenvalue weighted by Gasteiger charge is -2.33. The van der Waals surface area contributed by atoms with E-state index in [-0.39, 0.29) is 24.7 Å². The van der Waals surface area contributed by atoms with Crippen molar-refractivity contribution >= 4 is 24.3 Å². The highest BCUT2D eigenvalue weighted by Crippen LogP contribution is 2.30. The summed E-state index contributed by atoms with van der Waals surface area (Å²) in [6, 6.07) is 38.4. The van der Waals surface area contributed by atoms with Crippen LogP contribution in [0, 0.1) is 0 Å². The standard InChI is InChI=1S/C28H28N6S2/c1-3-9-19(10-4-1)25-29-27(33-35-31-25)23-15-7-13-21(17-23)22-14-8-16-24(18-22)28-30-26(32-36-34-28)20-11-5-2-6-12-20/h1-18,25-34H. The Morgan fingerprint density at radius 1 is 0.389 bits per heavy atom. The molecule has 36 heavy (non-hydrogen) atoms. The van der Waals surface area contributed by atoms with E-state index in [1.165, 1.54) is 57.6 Å². The second-order valence-electron chi connectivity index (χ2n) is 8.81. The molecule has 4 atom stereocenters. The monoisotopic (exact) mass is 512 g/mol. The van der Waals surface area contributed by atoms with E-state index in [1.807, 2.05) is 12.1 Å². The Morgan fingerprint density at radius 3 is 1.17 bits per heavy atom. The van der Waals surface area contributed by atoms with Gasteiger partial charge in [0, 0.05) is 24.3 Å². The molecule has 0 saturated carbocycles. The Bertz CT molecular complexity index is 1190. The van der Waals surface area contributed by atoms with Crippen LogP contribution < -0.4 is 29.5 Å². The van der Waals surface area contributed by atoms with Gasteiger partial charge in [-0.05, 0) is 45.5 Å². The summed E-state index contributed by atoms with van der Waals surface area (Å²) in [5.41, 5.74) is 7.22. The lowest BCUT2D eigenvalue weighted by molar-refractivity contribution is 0.402. The van der Waals surface area contributed by atoms with E-state index in [9.17, 15) is 0 Å². The highest BCUT2D eigenvalue weighted by Gasteiger charge is 2.25. The maximum absolute atomic E-state index is 3.68. The summed E-state index contributed by atoms with van der Waals surface area (Å²) in [4.78, 5) is 0. The van der Waals surface area contributed by atoms with Crippen molar-refractivity contribution in [1.29, 1.82) is 0 Å². The van der Waals surface area contributed by atoms with E-state index in [4.69, 9.17) is 0 Å². The van der Waals surface area contributed by atoms with Gasteiger partial charge in [-0.1, -0.05) is 97.1 Å². The topological polar surface area (TPSA) is 72.2 Å². The zero-order valence-electron chi connectivity index (χ0n) is 19.5. The lowest BCUT2D eigenvalue weighted by atomic mass is 9.99. The van der Waals surface area contributed by atoms with Crippen molar-refractivity contribution in [3.8, 4) is 11.1 Å². The summed E-state index contributed by atoms with van der Waals surface area (Å²) in [7, 11) is 0. The van der Waals surface area contributed by atoms with Crippen molar-refractivity contribution in [2.24, 2.45) is 0 Å². The van der Waals surface area contributed by atoms with Crippen molar-refractivity contribution < 1.29 is 0 Å². The van der Waals surface area contributed by atoms with Gasteiger partial charge in [0.25, 0.3) is 0 Å². The third-order valence-electron chi connectivity index (χ3n) is 6.41. The van der Waals surface area contributed by atoms with Gasteiger partial charge in [0.05, 0.1) is 24.7 Å². The molecule has 2 aliphatic rings. The minimum atomic E-state index is 0.0281. The Kier molecular flexibility index (Phi) is 7.36. The number of rotatable bonds is 5. The second-order valence-corrected chi connectivity index (χ2v) is 10.2. The first kappa shape index (κ1) is 23.7. The van der Waals surface area contributed by atoms with Gasteiger partial charge in [-0.15, -0.1) is 0 Å². The van der Waals surface area contributed by atoms with E-state index >= 15 is 0 Å². The Labute approximate surface area is 220 Å². The Hall–Kier alpha value is -2.66. The molecule has 182 valence electrons. The molecule has 8 heteroatoms. The molecular weight excluding hydrogens is 484 g/mol. The largest absolute Gasteiger partial charge is 0.277 e. The molecule has 4 unspecified atom stereocenters. The van der Waals surface area contributed by atoms with Gasteiger partial charge in [-0.2, -0.15) is 0 Å². The number of hydrogen-bond acceptors (Lipinski definition) is 8. The minimum Gasteiger partial charge on any atom is -0.277 e. The van der Waals surface area contributed by atoms with Crippen LogP contribution in [0.25, 0.3) is 11.1 Å². The SMILES string of the molecule is c1ccc(C2NSNC(c3cccc(-c4cccc(C5NSNC(c6ccccc6)N5)c4)c3)N2)cc1. The lowest BCUT2D eigenvalue weighted by Crippen LogP contribution is -2.45. The summed E-state index contributed by atoms with van der Waals surface area (Å²) >= 11 is 3.07. The molecular formula is C28H28N6S2. The highest BCUT2D eigenvalue weighted by molar-refractivity contribution is 7.95. The first-order chi connectivity index (χ1) is 17.8. The number of benzene rings is 4. The van der Waals surface area contributed by atoms with Crippen molar-refractivity contribution in [1.82, 2.24) is 29.5 Å². The highest BCUT2D eigenvalue weighted by atomic mass is 32.2. The van der Waals surface area contributed by atoms with E-state index in [0.29, 0.717) is 0 Å². The maximum atomic E-state index is 3.68. The molecule has 2 heterocycles. The summed E-state index contributed by atoms with van der Waals surface area (Å²) in [6.45, 7) is 0. The van der Waals surface area contributed by atoms with Crippen LogP contribution in [0.4, 0.5) is 0 Å². The summed E-state index contributed by atoms with van der Waals surface area (Å²) in [5, 5.41) is 7.35. The number of nitrogens with one attached hydrogen (secondary N) is 6. The average Bonchev–Trinajstić information content (AvgIpc) is 2.98. The summed E-state index contributed by atoms with van der Waals surface area (Å²) < 4.78 is 13.8. The smallest absolute Gasteiger partial charge is 0.0953 e. The molecule has 0 aliphatic carbocycles. The minimum absolute atomic E-state index is 0.0281. The molecule has 4 aromatic rings. The van der Waals surface area contributed by atoms with Crippen LogP contribution in [0.2, 0.25) is 0 Å². The molecule has 4 aromatic carbocycles. The second kappa shape index (κ2) is 11.2. The van der Waals surface area contributed by atoms with Crippen molar-refractivity contribution in [3.05, 3.63) is 131 Å². The van der Waals surface area contributed by atoms with Gasteiger partial charge in [0.15, 0.2) is 0 Å². The maximum Gasteiger partial charge on any atom is 0.0953 e. The fourth-order valence-corrected chi connectivity index (χ4v) is 5.94. The molecule has 2 saturated heterocycles. The quantitative estimate of drug-likeness (QED) is 0.198. The third kappa shape index (κ3) is 5.36. The van der Waals surface area contributed by atoms with Crippen LogP contribution >= 0.6 is 24.3 Å².